The molecule has 6 nitrogen and oxygen atoms in total. The van der Waals surface area contributed by atoms with E-state index in [9.17, 15) is 0 Å². The molecule has 2 aromatic heterocycles. The number of aromatic nitrogens is 3. The van der Waals surface area contributed by atoms with E-state index in [-0.39, 0.29) is 0 Å². The van der Waals surface area contributed by atoms with Crippen LogP contribution in [0.4, 0.5) is 0 Å². The van der Waals surface area contributed by atoms with Crippen molar-refractivity contribution in [3.63, 3.8) is 0 Å². The lowest BCUT2D eigenvalue weighted by Crippen LogP contribution is -2.34. The van der Waals surface area contributed by atoms with Crippen LogP contribution in [-0.4, -0.2) is 33.0 Å². The number of nitrogens with two attached hydrogens (primary N) is 1. The van der Waals surface area contributed by atoms with Crippen molar-refractivity contribution in [3.05, 3.63) is 35.5 Å². The fourth-order valence-corrected chi connectivity index (χ4v) is 3.01. The van der Waals surface area contributed by atoms with E-state index in [1.807, 2.05) is 24.7 Å². The van der Waals surface area contributed by atoms with Gasteiger partial charge in [-0.15, -0.1) is 5.10 Å². The molecule has 0 unspecified atom stereocenters. The van der Waals surface area contributed by atoms with Crippen LogP contribution in [0.5, 0.6) is 0 Å². The molecule has 1 aliphatic heterocycles. The minimum atomic E-state index is -0.435. The van der Waals surface area contributed by atoms with Crippen molar-refractivity contribution in [1.82, 2.24) is 19.9 Å². The second-order valence-electron chi connectivity index (χ2n) is 7.03. The highest BCUT2D eigenvalue weighted by Crippen LogP contribution is 2.24. The first-order chi connectivity index (χ1) is 11.0. The zero-order valence-electron chi connectivity index (χ0n) is 14.3. The summed E-state index contributed by atoms with van der Waals surface area (Å²) in [7, 11) is 0. The molecule has 0 aliphatic carbocycles. The zero-order chi connectivity index (χ0) is 16.4. The first-order valence-corrected chi connectivity index (χ1v) is 8.47. The molecule has 0 bridgehead atoms. The molecule has 2 N–H and O–H groups in total. The molecule has 0 atom stereocenters. The van der Waals surface area contributed by atoms with Gasteiger partial charge in [0.1, 0.15) is 17.2 Å². The summed E-state index contributed by atoms with van der Waals surface area (Å²) in [5, 5.41) is 8.50. The van der Waals surface area contributed by atoms with Crippen LogP contribution in [-0.2, 0) is 18.5 Å². The quantitative estimate of drug-likeness (QED) is 0.917. The molecule has 1 fully saturated rings. The summed E-state index contributed by atoms with van der Waals surface area (Å²) in [5.41, 5.74) is 6.50. The number of likely N-dealkylation sites (tertiary alicyclic amines) is 1. The van der Waals surface area contributed by atoms with Crippen molar-refractivity contribution in [2.75, 3.05) is 13.1 Å². The van der Waals surface area contributed by atoms with Gasteiger partial charge in [-0.05, 0) is 38.8 Å². The summed E-state index contributed by atoms with van der Waals surface area (Å²) in [6, 6.07) is 4.59. The van der Waals surface area contributed by atoms with Crippen LogP contribution >= 0.6 is 0 Å². The van der Waals surface area contributed by atoms with Gasteiger partial charge in [0.25, 0.3) is 0 Å². The molecule has 3 heterocycles. The van der Waals surface area contributed by atoms with E-state index < -0.39 is 5.54 Å². The maximum absolute atomic E-state index is 6.09. The van der Waals surface area contributed by atoms with E-state index in [0.29, 0.717) is 6.04 Å². The summed E-state index contributed by atoms with van der Waals surface area (Å²) in [6.45, 7) is 9.02. The number of nitrogens with zero attached hydrogens (tertiary/aromatic N) is 4. The molecular formula is C17H27N5O. The fourth-order valence-electron chi connectivity index (χ4n) is 3.01. The Labute approximate surface area is 137 Å². The van der Waals surface area contributed by atoms with Crippen LogP contribution in [0.1, 0.15) is 56.9 Å². The topological polar surface area (TPSA) is 73.1 Å². The minimum absolute atomic E-state index is 0.414. The Morgan fingerprint density at radius 1 is 1.26 bits per heavy atom. The van der Waals surface area contributed by atoms with Crippen molar-refractivity contribution in [3.8, 4) is 0 Å². The number of hydrogen-bond donors (Lipinski definition) is 1. The smallest absolute Gasteiger partial charge is 0.118 e. The normalized spacial score (nSPS) is 17.7. The Balaban J connectivity index is 1.55. The predicted molar refractivity (Wildman–Crippen MR) is 88.9 cm³/mol. The number of hydrogen-bond acceptors (Lipinski definition) is 5. The van der Waals surface area contributed by atoms with Crippen molar-refractivity contribution in [2.45, 2.75) is 58.2 Å². The molecule has 23 heavy (non-hydrogen) atoms. The first-order valence-electron chi connectivity index (χ1n) is 8.47. The lowest BCUT2D eigenvalue weighted by atomic mass is 10.0. The second kappa shape index (κ2) is 6.45. The highest BCUT2D eigenvalue weighted by molar-refractivity contribution is 5.08. The lowest BCUT2D eigenvalue weighted by molar-refractivity contribution is 0.161. The van der Waals surface area contributed by atoms with Gasteiger partial charge in [-0.1, -0.05) is 12.1 Å². The largest absolute Gasteiger partial charge is 0.465 e. The number of rotatable bonds is 5. The van der Waals surface area contributed by atoms with Gasteiger partial charge in [-0.2, -0.15) is 0 Å². The fraction of sp³-hybridized carbons (Fsp3) is 0.647. The van der Waals surface area contributed by atoms with Gasteiger partial charge in [0.05, 0.1) is 24.3 Å². The molecule has 2 aromatic rings. The van der Waals surface area contributed by atoms with Crippen LogP contribution in [0.3, 0.4) is 0 Å². The molecule has 0 radical (unpaired) electrons. The Bertz CT molecular complexity index is 631. The van der Waals surface area contributed by atoms with Crippen molar-refractivity contribution < 1.29 is 4.42 Å². The maximum Gasteiger partial charge on any atom is 0.118 e. The van der Waals surface area contributed by atoms with Gasteiger partial charge in [-0.25, -0.2) is 4.68 Å². The summed E-state index contributed by atoms with van der Waals surface area (Å²) in [5.74, 6) is 2.13. The Hall–Kier alpha value is -1.66. The molecule has 1 aliphatic rings. The number of aryl methyl sites for hydroxylation is 1. The Morgan fingerprint density at radius 3 is 2.52 bits per heavy atom. The van der Waals surface area contributed by atoms with Crippen LogP contribution in [0.2, 0.25) is 0 Å². The van der Waals surface area contributed by atoms with Gasteiger partial charge < -0.3 is 10.2 Å². The van der Waals surface area contributed by atoms with Gasteiger partial charge in [-0.3, -0.25) is 4.90 Å². The highest BCUT2D eigenvalue weighted by atomic mass is 16.3. The predicted octanol–water partition coefficient (Wildman–Crippen LogP) is 2.46. The summed E-state index contributed by atoms with van der Waals surface area (Å²) in [6.07, 6.45) is 5.11. The third-order valence-electron chi connectivity index (χ3n) is 4.55. The number of piperidine rings is 1. The van der Waals surface area contributed by atoms with Gasteiger partial charge in [0.15, 0.2) is 0 Å². The molecule has 0 amide bonds. The zero-order valence-corrected chi connectivity index (χ0v) is 14.3. The molecule has 0 spiro atoms. The Kier molecular flexibility index (Phi) is 4.55. The lowest BCUT2D eigenvalue weighted by Gasteiger charge is -2.31. The van der Waals surface area contributed by atoms with E-state index in [2.05, 4.69) is 34.3 Å². The molecule has 126 valence electrons. The number of furan rings is 1. The second-order valence-corrected chi connectivity index (χ2v) is 7.03. The van der Waals surface area contributed by atoms with Crippen molar-refractivity contribution >= 4 is 0 Å². The molecule has 1 saturated heterocycles. The SMILES string of the molecule is CCc1ccc(CN2CCC(n3cc(C(C)(C)N)nn3)CC2)o1. The van der Waals surface area contributed by atoms with E-state index in [0.717, 1.165) is 56.1 Å². The van der Waals surface area contributed by atoms with E-state index >= 15 is 0 Å². The average molecular weight is 317 g/mol. The molecule has 3 rings (SSSR count). The first kappa shape index (κ1) is 16.2. The average Bonchev–Trinajstić information content (AvgIpc) is 3.16. The van der Waals surface area contributed by atoms with Crippen LogP contribution in [0.25, 0.3) is 0 Å². The van der Waals surface area contributed by atoms with Crippen molar-refractivity contribution in [1.29, 1.82) is 0 Å². The van der Waals surface area contributed by atoms with Gasteiger partial charge >= 0.3 is 0 Å². The summed E-state index contributed by atoms with van der Waals surface area (Å²) >= 11 is 0. The van der Waals surface area contributed by atoms with Crippen molar-refractivity contribution in [2.24, 2.45) is 5.73 Å². The third kappa shape index (κ3) is 3.82. The van der Waals surface area contributed by atoms with E-state index in [4.69, 9.17) is 10.2 Å². The van der Waals surface area contributed by atoms with Crippen LogP contribution in [0, 0.1) is 0 Å². The summed E-state index contributed by atoms with van der Waals surface area (Å²) < 4.78 is 7.79. The summed E-state index contributed by atoms with van der Waals surface area (Å²) in [4.78, 5) is 2.44. The third-order valence-corrected chi connectivity index (χ3v) is 4.55. The van der Waals surface area contributed by atoms with E-state index in [1.165, 1.54) is 0 Å². The molecule has 6 heteroatoms. The van der Waals surface area contributed by atoms with Crippen LogP contribution in [0.15, 0.2) is 22.7 Å². The maximum atomic E-state index is 6.09. The molecular weight excluding hydrogens is 290 g/mol. The standard InChI is InChI=1S/C17H27N5O/c1-4-14-5-6-15(23-14)11-21-9-7-13(8-10-21)22-12-16(19-20-22)17(2,3)18/h5-6,12-13H,4,7-11,18H2,1-3H3. The van der Waals surface area contributed by atoms with Gasteiger partial charge in [0, 0.05) is 19.5 Å². The highest BCUT2D eigenvalue weighted by Gasteiger charge is 2.24. The minimum Gasteiger partial charge on any atom is -0.465 e. The monoisotopic (exact) mass is 317 g/mol. The molecule has 0 saturated carbocycles. The molecule has 0 aromatic carbocycles. The van der Waals surface area contributed by atoms with Gasteiger partial charge in [0.2, 0.25) is 0 Å². The van der Waals surface area contributed by atoms with E-state index in [1.54, 1.807) is 0 Å². The Morgan fingerprint density at radius 2 is 1.96 bits per heavy atom. The van der Waals surface area contributed by atoms with Crippen LogP contribution < -0.4 is 5.73 Å².